The molecule has 0 spiro atoms. The van der Waals surface area contributed by atoms with Crippen molar-refractivity contribution in [3.63, 3.8) is 0 Å². The number of methoxy groups -OCH3 is 1. The summed E-state index contributed by atoms with van der Waals surface area (Å²) in [7, 11) is 1.70. The monoisotopic (exact) mass is 238 g/mol. The van der Waals surface area contributed by atoms with Gasteiger partial charge in [0, 0.05) is 13.7 Å². The van der Waals surface area contributed by atoms with Gasteiger partial charge in [0.2, 0.25) is 0 Å². The van der Waals surface area contributed by atoms with Gasteiger partial charge in [-0.1, -0.05) is 6.07 Å². The molecule has 0 atom stereocenters. The number of hydrogen-bond acceptors (Lipinski definition) is 2. The summed E-state index contributed by atoms with van der Waals surface area (Å²) >= 11 is 5.90. The second-order valence-corrected chi connectivity index (χ2v) is 4.07. The summed E-state index contributed by atoms with van der Waals surface area (Å²) < 4.78 is 7.21. The predicted molar refractivity (Wildman–Crippen MR) is 65.9 cm³/mol. The zero-order valence-electron chi connectivity index (χ0n) is 9.53. The maximum atomic E-state index is 5.90. The topological polar surface area (TPSA) is 27.1 Å². The SMILES string of the molecule is COCCn1c(CCl)nc2cc(C)ccc21. The molecule has 0 radical (unpaired) electrons. The van der Waals surface area contributed by atoms with E-state index < -0.39 is 0 Å². The number of fused-ring (bicyclic) bond motifs is 1. The Balaban J connectivity index is 2.50. The van der Waals surface area contributed by atoms with Crippen LogP contribution in [-0.2, 0) is 17.2 Å². The molecular formula is C12H15ClN2O. The molecule has 0 aliphatic carbocycles. The van der Waals surface area contributed by atoms with Crippen molar-refractivity contribution in [3.8, 4) is 0 Å². The standard InChI is InChI=1S/C12H15ClN2O/c1-9-3-4-11-10(7-9)14-12(8-13)15(11)5-6-16-2/h3-4,7H,5-6,8H2,1-2H3. The fourth-order valence-electron chi connectivity index (χ4n) is 1.82. The molecule has 0 aliphatic rings. The highest BCUT2D eigenvalue weighted by atomic mass is 35.5. The molecule has 3 nitrogen and oxygen atoms in total. The van der Waals surface area contributed by atoms with Gasteiger partial charge in [0.05, 0.1) is 23.5 Å². The van der Waals surface area contributed by atoms with Crippen molar-refractivity contribution in [2.24, 2.45) is 0 Å². The number of rotatable bonds is 4. The fourth-order valence-corrected chi connectivity index (χ4v) is 2.03. The molecule has 0 unspecified atom stereocenters. The lowest BCUT2D eigenvalue weighted by molar-refractivity contribution is 0.187. The van der Waals surface area contributed by atoms with E-state index in [0.29, 0.717) is 12.5 Å². The summed E-state index contributed by atoms with van der Waals surface area (Å²) in [6, 6.07) is 6.25. The summed E-state index contributed by atoms with van der Waals surface area (Å²) in [5, 5.41) is 0. The molecular weight excluding hydrogens is 224 g/mol. The van der Waals surface area contributed by atoms with Gasteiger partial charge >= 0.3 is 0 Å². The Hall–Kier alpha value is -1.06. The van der Waals surface area contributed by atoms with Gasteiger partial charge in [-0.15, -0.1) is 11.6 Å². The summed E-state index contributed by atoms with van der Waals surface area (Å²) in [5.74, 6) is 1.33. The number of benzene rings is 1. The third-order valence-electron chi connectivity index (χ3n) is 2.62. The second kappa shape index (κ2) is 4.85. The van der Waals surface area contributed by atoms with E-state index in [2.05, 4.69) is 34.7 Å². The van der Waals surface area contributed by atoms with E-state index >= 15 is 0 Å². The first-order valence-corrected chi connectivity index (χ1v) is 5.80. The van der Waals surface area contributed by atoms with E-state index in [1.165, 1.54) is 5.56 Å². The Kier molecular flexibility index (Phi) is 3.46. The largest absolute Gasteiger partial charge is 0.383 e. The van der Waals surface area contributed by atoms with E-state index in [1.54, 1.807) is 7.11 Å². The van der Waals surface area contributed by atoms with Crippen molar-refractivity contribution in [1.82, 2.24) is 9.55 Å². The Morgan fingerprint density at radius 1 is 1.44 bits per heavy atom. The molecule has 0 amide bonds. The number of hydrogen-bond donors (Lipinski definition) is 0. The Bertz CT molecular complexity index is 493. The summed E-state index contributed by atoms with van der Waals surface area (Å²) in [6.45, 7) is 3.52. The molecule has 0 aliphatic heterocycles. The summed E-state index contributed by atoms with van der Waals surface area (Å²) in [4.78, 5) is 4.52. The molecule has 0 saturated heterocycles. The highest BCUT2D eigenvalue weighted by molar-refractivity contribution is 6.16. The molecule has 86 valence electrons. The third kappa shape index (κ3) is 2.06. The van der Waals surface area contributed by atoms with Crippen LogP contribution in [0.2, 0.25) is 0 Å². The van der Waals surface area contributed by atoms with Crippen LogP contribution >= 0.6 is 11.6 Å². The van der Waals surface area contributed by atoms with Crippen LogP contribution in [0.4, 0.5) is 0 Å². The maximum Gasteiger partial charge on any atom is 0.124 e. The second-order valence-electron chi connectivity index (χ2n) is 3.80. The van der Waals surface area contributed by atoms with Gasteiger partial charge < -0.3 is 9.30 Å². The quantitative estimate of drug-likeness (QED) is 0.766. The molecule has 0 N–H and O–H groups in total. The van der Waals surface area contributed by atoms with E-state index in [9.17, 15) is 0 Å². The minimum absolute atomic E-state index is 0.428. The van der Waals surface area contributed by atoms with Crippen molar-refractivity contribution in [3.05, 3.63) is 29.6 Å². The molecule has 4 heteroatoms. The molecule has 2 rings (SSSR count). The van der Waals surface area contributed by atoms with Gasteiger partial charge in [-0.3, -0.25) is 0 Å². The fraction of sp³-hybridized carbons (Fsp3) is 0.417. The van der Waals surface area contributed by atoms with Gasteiger partial charge in [0.25, 0.3) is 0 Å². The molecule has 1 aromatic carbocycles. The number of halogens is 1. The predicted octanol–water partition coefficient (Wildman–Crippen LogP) is 2.73. The van der Waals surface area contributed by atoms with E-state index in [-0.39, 0.29) is 0 Å². The molecule has 0 saturated carbocycles. The van der Waals surface area contributed by atoms with Crippen LogP contribution in [0.5, 0.6) is 0 Å². The van der Waals surface area contributed by atoms with Crippen LogP contribution in [0.25, 0.3) is 11.0 Å². The highest BCUT2D eigenvalue weighted by Gasteiger charge is 2.09. The van der Waals surface area contributed by atoms with Crippen LogP contribution in [0.1, 0.15) is 11.4 Å². The number of aromatic nitrogens is 2. The summed E-state index contributed by atoms with van der Waals surface area (Å²) in [6.07, 6.45) is 0. The zero-order chi connectivity index (χ0) is 11.5. The van der Waals surface area contributed by atoms with Gasteiger partial charge in [0.15, 0.2) is 0 Å². The minimum Gasteiger partial charge on any atom is -0.383 e. The van der Waals surface area contributed by atoms with E-state index in [1.807, 2.05) is 0 Å². The molecule has 16 heavy (non-hydrogen) atoms. The molecule has 1 aromatic heterocycles. The van der Waals surface area contributed by atoms with Gasteiger partial charge in [-0.25, -0.2) is 4.98 Å². The Morgan fingerprint density at radius 2 is 2.25 bits per heavy atom. The average molecular weight is 239 g/mol. The lowest BCUT2D eigenvalue weighted by Gasteiger charge is -2.06. The molecule has 0 fully saturated rings. The smallest absolute Gasteiger partial charge is 0.124 e. The van der Waals surface area contributed by atoms with Gasteiger partial charge in [-0.05, 0) is 24.6 Å². The number of nitrogens with zero attached hydrogens (tertiary/aromatic N) is 2. The first-order valence-electron chi connectivity index (χ1n) is 5.27. The molecule has 2 aromatic rings. The van der Waals surface area contributed by atoms with Crippen molar-refractivity contribution in [2.75, 3.05) is 13.7 Å². The normalized spacial score (nSPS) is 11.2. The Morgan fingerprint density at radius 3 is 2.94 bits per heavy atom. The van der Waals surface area contributed by atoms with Crippen LogP contribution in [-0.4, -0.2) is 23.3 Å². The number of aryl methyl sites for hydroxylation is 1. The third-order valence-corrected chi connectivity index (χ3v) is 2.86. The molecule has 0 bridgehead atoms. The van der Waals surface area contributed by atoms with Crippen LogP contribution in [0.3, 0.4) is 0 Å². The minimum atomic E-state index is 0.428. The Labute approximate surface area is 100.0 Å². The number of imidazole rings is 1. The first kappa shape index (κ1) is 11.4. The van der Waals surface area contributed by atoms with E-state index in [0.717, 1.165) is 23.4 Å². The number of alkyl halides is 1. The lowest BCUT2D eigenvalue weighted by Crippen LogP contribution is -2.07. The van der Waals surface area contributed by atoms with Crippen molar-refractivity contribution < 1.29 is 4.74 Å². The van der Waals surface area contributed by atoms with Crippen molar-refractivity contribution >= 4 is 22.6 Å². The van der Waals surface area contributed by atoms with Gasteiger partial charge in [-0.2, -0.15) is 0 Å². The highest BCUT2D eigenvalue weighted by Crippen LogP contribution is 2.18. The van der Waals surface area contributed by atoms with Crippen LogP contribution < -0.4 is 0 Å². The lowest BCUT2D eigenvalue weighted by atomic mass is 10.2. The van der Waals surface area contributed by atoms with Gasteiger partial charge in [0.1, 0.15) is 5.82 Å². The number of ether oxygens (including phenoxy) is 1. The first-order chi connectivity index (χ1) is 7.76. The van der Waals surface area contributed by atoms with Crippen LogP contribution in [0, 0.1) is 6.92 Å². The average Bonchev–Trinajstić information content (AvgIpc) is 2.63. The van der Waals surface area contributed by atoms with Crippen molar-refractivity contribution in [1.29, 1.82) is 0 Å². The van der Waals surface area contributed by atoms with Crippen molar-refractivity contribution in [2.45, 2.75) is 19.3 Å². The maximum absolute atomic E-state index is 5.90. The van der Waals surface area contributed by atoms with Crippen LogP contribution in [0.15, 0.2) is 18.2 Å². The zero-order valence-corrected chi connectivity index (χ0v) is 10.3. The molecule has 1 heterocycles. The van der Waals surface area contributed by atoms with E-state index in [4.69, 9.17) is 16.3 Å². The summed E-state index contributed by atoms with van der Waals surface area (Å²) in [5.41, 5.74) is 3.34.